The largest absolute Gasteiger partial charge is 0.329 e. The van der Waals surface area contributed by atoms with Gasteiger partial charge in [-0.3, -0.25) is 0 Å². The molecule has 0 saturated carbocycles. The highest BCUT2D eigenvalue weighted by Crippen LogP contribution is 2.30. The molecule has 0 fully saturated rings. The highest BCUT2D eigenvalue weighted by Gasteiger charge is 2.10. The van der Waals surface area contributed by atoms with Crippen molar-refractivity contribution in [2.75, 3.05) is 6.54 Å². The molecular weight excluding hydrogens is 245 g/mol. The van der Waals surface area contributed by atoms with E-state index in [0.717, 1.165) is 11.3 Å². The van der Waals surface area contributed by atoms with Gasteiger partial charge >= 0.3 is 0 Å². The fourth-order valence-corrected chi connectivity index (χ4v) is 2.82. The molecular formula is C15H16FNS. The predicted molar refractivity (Wildman–Crippen MR) is 75.9 cm³/mol. The van der Waals surface area contributed by atoms with Crippen LogP contribution < -0.4 is 5.73 Å². The lowest BCUT2D eigenvalue weighted by atomic mass is 10.1. The topological polar surface area (TPSA) is 26.0 Å². The molecule has 3 heteroatoms. The van der Waals surface area contributed by atoms with E-state index in [4.69, 9.17) is 5.73 Å². The van der Waals surface area contributed by atoms with E-state index in [1.165, 1.54) is 17.7 Å². The van der Waals surface area contributed by atoms with Crippen LogP contribution in [0.15, 0.2) is 54.6 Å². The van der Waals surface area contributed by atoms with Gasteiger partial charge in [0.25, 0.3) is 0 Å². The van der Waals surface area contributed by atoms with E-state index < -0.39 is 0 Å². The van der Waals surface area contributed by atoms with E-state index in [-0.39, 0.29) is 11.1 Å². The Morgan fingerprint density at radius 3 is 2.28 bits per heavy atom. The normalized spacial score (nSPS) is 12.3. The summed E-state index contributed by atoms with van der Waals surface area (Å²) in [6.07, 6.45) is 0. The molecule has 0 aliphatic carbocycles. The van der Waals surface area contributed by atoms with Crippen LogP contribution >= 0.6 is 11.8 Å². The number of hydrogen-bond acceptors (Lipinski definition) is 2. The molecule has 0 aliphatic heterocycles. The molecule has 2 aromatic carbocycles. The third-order valence-corrected chi connectivity index (χ3v) is 4.12. The SMILES string of the molecule is NCC(SCc1ccccc1)c1ccc(F)cc1. The molecule has 18 heavy (non-hydrogen) atoms. The maximum absolute atomic E-state index is 12.9. The average Bonchev–Trinajstić information content (AvgIpc) is 2.42. The van der Waals surface area contributed by atoms with Gasteiger partial charge in [-0.15, -0.1) is 11.8 Å². The quantitative estimate of drug-likeness (QED) is 0.887. The lowest BCUT2D eigenvalue weighted by Crippen LogP contribution is -2.09. The molecule has 94 valence electrons. The molecule has 1 atom stereocenters. The monoisotopic (exact) mass is 261 g/mol. The molecule has 0 amide bonds. The van der Waals surface area contributed by atoms with E-state index in [1.807, 2.05) is 30.3 Å². The fraction of sp³-hybridized carbons (Fsp3) is 0.200. The van der Waals surface area contributed by atoms with Gasteiger partial charge in [-0.1, -0.05) is 42.5 Å². The number of halogens is 1. The number of nitrogens with two attached hydrogens (primary N) is 1. The van der Waals surface area contributed by atoms with Gasteiger partial charge in [-0.05, 0) is 23.3 Å². The second kappa shape index (κ2) is 6.57. The summed E-state index contributed by atoms with van der Waals surface area (Å²) in [6, 6.07) is 16.9. The zero-order valence-electron chi connectivity index (χ0n) is 10.1. The molecule has 0 saturated heterocycles. The fourth-order valence-electron chi connectivity index (χ4n) is 1.75. The Morgan fingerprint density at radius 2 is 1.67 bits per heavy atom. The first kappa shape index (κ1) is 13.1. The Balaban J connectivity index is 1.99. The minimum Gasteiger partial charge on any atom is -0.329 e. The highest BCUT2D eigenvalue weighted by atomic mass is 32.2. The van der Waals surface area contributed by atoms with Gasteiger partial charge in [0.1, 0.15) is 5.82 Å². The summed E-state index contributed by atoms with van der Waals surface area (Å²) in [4.78, 5) is 0. The number of rotatable bonds is 5. The number of thioether (sulfide) groups is 1. The molecule has 0 bridgehead atoms. The van der Waals surface area contributed by atoms with Crippen LogP contribution in [-0.4, -0.2) is 6.54 Å². The van der Waals surface area contributed by atoms with Gasteiger partial charge in [0, 0.05) is 17.5 Å². The summed E-state index contributed by atoms with van der Waals surface area (Å²) in [5.41, 5.74) is 8.16. The van der Waals surface area contributed by atoms with Crippen LogP contribution in [0.3, 0.4) is 0 Å². The van der Waals surface area contributed by atoms with Gasteiger partial charge in [0.15, 0.2) is 0 Å². The summed E-state index contributed by atoms with van der Waals surface area (Å²) in [6.45, 7) is 0.559. The molecule has 1 unspecified atom stereocenters. The molecule has 0 heterocycles. The zero-order valence-corrected chi connectivity index (χ0v) is 10.9. The van der Waals surface area contributed by atoms with Crippen LogP contribution in [-0.2, 0) is 5.75 Å². The van der Waals surface area contributed by atoms with Crippen molar-refractivity contribution < 1.29 is 4.39 Å². The molecule has 0 spiro atoms. The molecule has 0 radical (unpaired) electrons. The first-order valence-corrected chi connectivity index (χ1v) is 6.95. The van der Waals surface area contributed by atoms with Crippen molar-refractivity contribution >= 4 is 11.8 Å². The van der Waals surface area contributed by atoms with Gasteiger partial charge < -0.3 is 5.73 Å². The maximum Gasteiger partial charge on any atom is 0.123 e. The van der Waals surface area contributed by atoms with E-state index in [0.29, 0.717) is 6.54 Å². The third kappa shape index (κ3) is 3.59. The van der Waals surface area contributed by atoms with Crippen LogP contribution in [0, 0.1) is 5.82 Å². The minimum atomic E-state index is -0.206. The minimum absolute atomic E-state index is 0.206. The number of benzene rings is 2. The van der Waals surface area contributed by atoms with Crippen LogP contribution in [0.25, 0.3) is 0 Å². The third-order valence-electron chi connectivity index (χ3n) is 2.75. The first-order valence-electron chi connectivity index (χ1n) is 5.90. The van der Waals surface area contributed by atoms with Gasteiger partial charge in [-0.25, -0.2) is 4.39 Å². The van der Waals surface area contributed by atoms with E-state index >= 15 is 0 Å². The number of hydrogen-bond donors (Lipinski definition) is 1. The van der Waals surface area contributed by atoms with Crippen molar-refractivity contribution in [3.05, 3.63) is 71.5 Å². The van der Waals surface area contributed by atoms with Gasteiger partial charge in [0.2, 0.25) is 0 Å². The summed E-state index contributed by atoms with van der Waals surface area (Å²) in [5.74, 6) is 0.711. The smallest absolute Gasteiger partial charge is 0.123 e. The highest BCUT2D eigenvalue weighted by molar-refractivity contribution is 7.98. The second-order valence-corrected chi connectivity index (χ2v) is 5.26. The molecule has 1 nitrogen and oxygen atoms in total. The molecule has 0 aliphatic rings. The van der Waals surface area contributed by atoms with Crippen LogP contribution in [0.1, 0.15) is 16.4 Å². The second-order valence-electron chi connectivity index (χ2n) is 4.07. The van der Waals surface area contributed by atoms with Gasteiger partial charge in [0.05, 0.1) is 0 Å². The Morgan fingerprint density at radius 1 is 1.00 bits per heavy atom. The Labute approximate surface area is 111 Å². The Bertz CT molecular complexity index is 470. The van der Waals surface area contributed by atoms with Crippen molar-refractivity contribution in [1.82, 2.24) is 0 Å². The maximum atomic E-state index is 12.9. The summed E-state index contributed by atoms with van der Waals surface area (Å²) >= 11 is 1.79. The summed E-state index contributed by atoms with van der Waals surface area (Å²) < 4.78 is 12.9. The molecule has 2 N–H and O–H groups in total. The Kier molecular flexibility index (Phi) is 4.79. The van der Waals surface area contributed by atoms with Crippen molar-refractivity contribution in [3.63, 3.8) is 0 Å². The lowest BCUT2D eigenvalue weighted by Gasteiger charge is -2.14. The van der Waals surface area contributed by atoms with E-state index in [1.54, 1.807) is 11.8 Å². The molecule has 0 aromatic heterocycles. The molecule has 2 rings (SSSR count). The summed E-state index contributed by atoms with van der Waals surface area (Å²) in [5, 5.41) is 0.214. The van der Waals surface area contributed by atoms with Crippen LogP contribution in [0.2, 0.25) is 0 Å². The van der Waals surface area contributed by atoms with Crippen LogP contribution in [0.5, 0.6) is 0 Å². The van der Waals surface area contributed by atoms with Crippen molar-refractivity contribution in [3.8, 4) is 0 Å². The van der Waals surface area contributed by atoms with Crippen molar-refractivity contribution in [2.24, 2.45) is 5.73 Å². The van der Waals surface area contributed by atoms with E-state index in [2.05, 4.69) is 12.1 Å². The average molecular weight is 261 g/mol. The summed E-state index contributed by atoms with van der Waals surface area (Å²) in [7, 11) is 0. The van der Waals surface area contributed by atoms with E-state index in [9.17, 15) is 4.39 Å². The first-order chi connectivity index (χ1) is 8.79. The zero-order chi connectivity index (χ0) is 12.8. The van der Waals surface area contributed by atoms with Crippen LogP contribution in [0.4, 0.5) is 4.39 Å². The lowest BCUT2D eigenvalue weighted by molar-refractivity contribution is 0.627. The van der Waals surface area contributed by atoms with Gasteiger partial charge in [-0.2, -0.15) is 0 Å². The van der Waals surface area contributed by atoms with Crippen molar-refractivity contribution in [1.29, 1.82) is 0 Å². The molecule has 2 aromatic rings. The van der Waals surface area contributed by atoms with Crippen molar-refractivity contribution in [2.45, 2.75) is 11.0 Å². The predicted octanol–water partition coefficient (Wildman–Crippen LogP) is 3.76. The standard InChI is InChI=1S/C15H16FNS/c16-14-8-6-13(7-9-14)15(10-17)18-11-12-4-2-1-3-5-12/h1-9,15H,10-11,17H2. The Hall–Kier alpha value is -1.32.